The number of benzene rings is 1. The minimum atomic E-state index is -0.480. The van der Waals surface area contributed by atoms with E-state index in [-0.39, 0.29) is 18.0 Å². The number of likely N-dealkylation sites (tertiary alicyclic amines) is 1. The van der Waals surface area contributed by atoms with Gasteiger partial charge in [0.25, 0.3) is 0 Å². The summed E-state index contributed by atoms with van der Waals surface area (Å²) in [7, 11) is 0. The molecule has 110 valence electrons. The standard InChI is InChI=1S/C16H21BrFNO/c1-16(2,19-9-4-3-5-10-19)14(20)11-12-7-6-8-13(18)15(12)17/h6-8H,3-5,9-11H2,1-2H3. The van der Waals surface area contributed by atoms with Crippen molar-refractivity contribution in [1.29, 1.82) is 0 Å². The van der Waals surface area contributed by atoms with Crippen LogP contribution in [-0.4, -0.2) is 29.3 Å². The number of halogens is 2. The number of carbonyl (C=O) groups excluding carboxylic acids is 1. The maximum absolute atomic E-state index is 13.5. The molecule has 1 aliphatic heterocycles. The summed E-state index contributed by atoms with van der Waals surface area (Å²) in [5, 5.41) is 0. The molecule has 0 amide bonds. The first-order valence-corrected chi connectivity index (χ1v) is 7.93. The van der Waals surface area contributed by atoms with E-state index in [1.165, 1.54) is 12.5 Å². The Balaban J connectivity index is 2.12. The summed E-state index contributed by atoms with van der Waals surface area (Å²) in [4.78, 5) is 14.9. The van der Waals surface area contributed by atoms with Crippen molar-refractivity contribution < 1.29 is 9.18 Å². The zero-order valence-corrected chi connectivity index (χ0v) is 13.7. The summed E-state index contributed by atoms with van der Waals surface area (Å²) in [6.45, 7) is 5.91. The Kier molecular flexibility index (Phi) is 4.97. The van der Waals surface area contributed by atoms with Crippen LogP contribution in [-0.2, 0) is 11.2 Å². The molecule has 1 aromatic carbocycles. The maximum atomic E-state index is 13.5. The number of Topliss-reactive ketones (excluding diaryl/α,β-unsaturated/α-hetero) is 1. The fourth-order valence-corrected chi connectivity index (χ4v) is 3.11. The Morgan fingerprint density at radius 3 is 2.60 bits per heavy atom. The summed E-state index contributed by atoms with van der Waals surface area (Å²) >= 11 is 3.23. The molecule has 0 atom stereocenters. The topological polar surface area (TPSA) is 20.3 Å². The van der Waals surface area contributed by atoms with Gasteiger partial charge in [0.1, 0.15) is 5.82 Å². The molecular formula is C16H21BrFNO. The molecule has 1 aliphatic rings. The highest BCUT2D eigenvalue weighted by Crippen LogP contribution is 2.26. The van der Waals surface area contributed by atoms with E-state index in [2.05, 4.69) is 20.8 Å². The summed E-state index contributed by atoms with van der Waals surface area (Å²) in [5.74, 6) is -0.170. The van der Waals surface area contributed by atoms with Crippen LogP contribution in [0.4, 0.5) is 4.39 Å². The van der Waals surface area contributed by atoms with E-state index in [1.807, 2.05) is 13.8 Å². The van der Waals surface area contributed by atoms with Gasteiger partial charge in [0, 0.05) is 6.42 Å². The lowest BCUT2D eigenvalue weighted by Gasteiger charge is -2.39. The van der Waals surface area contributed by atoms with Crippen molar-refractivity contribution in [3.8, 4) is 0 Å². The second-order valence-electron chi connectivity index (χ2n) is 5.92. The molecular weight excluding hydrogens is 321 g/mol. The lowest BCUT2D eigenvalue weighted by atomic mass is 9.90. The van der Waals surface area contributed by atoms with E-state index in [9.17, 15) is 9.18 Å². The van der Waals surface area contributed by atoms with Crippen molar-refractivity contribution in [2.75, 3.05) is 13.1 Å². The Hall–Kier alpha value is -0.740. The minimum absolute atomic E-state index is 0.144. The van der Waals surface area contributed by atoms with Crippen molar-refractivity contribution >= 4 is 21.7 Å². The molecule has 1 heterocycles. The van der Waals surface area contributed by atoms with E-state index in [0.29, 0.717) is 4.47 Å². The van der Waals surface area contributed by atoms with Gasteiger partial charge in [-0.2, -0.15) is 0 Å². The van der Waals surface area contributed by atoms with Gasteiger partial charge in [-0.05, 0) is 67.3 Å². The van der Waals surface area contributed by atoms with Crippen LogP contribution in [0.3, 0.4) is 0 Å². The molecule has 20 heavy (non-hydrogen) atoms. The predicted molar refractivity (Wildman–Crippen MR) is 82.3 cm³/mol. The zero-order valence-electron chi connectivity index (χ0n) is 12.1. The van der Waals surface area contributed by atoms with Crippen LogP contribution in [0.2, 0.25) is 0 Å². The van der Waals surface area contributed by atoms with Crippen LogP contribution in [0, 0.1) is 5.82 Å². The summed E-state index contributed by atoms with van der Waals surface area (Å²) in [6, 6.07) is 4.85. The second-order valence-corrected chi connectivity index (χ2v) is 6.71. The third-order valence-electron chi connectivity index (χ3n) is 4.21. The van der Waals surface area contributed by atoms with Gasteiger partial charge >= 0.3 is 0 Å². The van der Waals surface area contributed by atoms with E-state index < -0.39 is 5.54 Å². The third-order valence-corrected chi connectivity index (χ3v) is 5.10. The third kappa shape index (κ3) is 3.29. The van der Waals surface area contributed by atoms with Gasteiger partial charge in [-0.15, -0.1) is 0 Å². The smallest absolute Gasteiger partial charge is 0.156 e. The monoisotopic (exact) mass is 341 g/mol. The minimum Gasteiger partial charge on any atom is -0.297 e. The molecule has 0 aliphatic carbocycles. The molecule has 0 unspecified atom stereocenters. The van der Waals surface area contributed by atoms with Gasteiger partial charge in [0.2, 0.25) is 0 Å². The molecule has 4 heteroatoms. The fraction of sp³-hybridized carbons (Fsp3) is 0.562. The van der Waals surface area contributed by atoms with E-state index in [1.54, 1.807) is 12.1 Å². The lowest BCUT2D eigenvalue weighted by Crippen LogP contribution is -2.52. The van der Waals surface area contributed by atoms with Gasteiger partial charge in [0.05, 0.1) is 10.0 Å². The summed E-state index contributed by atoms with van der Waals surface area (Å²) < 4.78 is 13.9. The number of carbonyl (C=O) groups is 1. The van der Waals surface area contributed by atoms with Crippen molar-refractivity contribution in [3.63, 3.8) is 0 Å². The molecule has 0 bridgehead atoms. The van der Waals surface area contributed by atoms with Crippen molar-refractivity contribution in [1.82, 2.24) is 4.90 Å². The average Bonchev–Trinajstić information content (AvgIpc) is 2.44. The first kappa shape index (κ1) is 15.6. The SMILES string of the molecule is CC(C)(C(=O)Cc1cccc(F)c1Br)N1CCCCC1. The summed E-state index contributed by atoms with van der Waals surface area (Å²) in [6.07, 6.45) is 3.82. The maximum Gasteiger partial charge on any atom is 0.156 e. The molecule has 1 aromatic rings. The zero-order chi connectivity index (χ0) is 14.8. The second kappa shape index (κ2) is 6.35. The highest BCUT2D eigenvalue weighted by Gasteiger charge is 2.34. The number of rotatable bonds is 4. The fourth-order valence-electron chi connectivity index (χ4n) is 2.70. The largest absolute Gasteiger partial charge is 0.297 e. The van der Waals surface area contributed by atoms with Gasteiger partial charge in [0.15, 0.2) is 5.78 Å². The molecule has 0 saturated carbocycles. The molecule has 0 spiro atoms. The van der Waals surface area contributed by atoms with Crippen molar-refractivity contribution in [2.24, 2.45) is 0 Å². The molecule has 2 nitrogen and oxygen atoms in total. The Morgan fingerprint density at radius 1 is 1.30 bits per heavy atom. The number of piperidine rings is 1. The molecule has 0 radical (unpaired) electrons. The van der Waals surface area contributed by atoms with E-state index in [4.69, 9.17) is 0 Å². The summed E-state index contributed by atoms with van der Waals surface area (Å²) in [5.41, 5.74) is 0.242. The van der Waals surface area contributed by atoms with Gasteiger partial charge in [-0.25, -0.2) is 4.39 Å². The quantitative estimate of drug-likeness (QED) is 0.825. The molecule has 0 aromatic heterocycles. The number of ketones is 1. The van der Waals surface area contributed by atoms with Gasteiger partial charge in [-0.1, -0.05) is 18.6 Å². The number of hydrogen-bond acceptors (Lipinski definition) is 2. The van der Waals surface area contributed by atoms with E-state index in [0.717, 1.165) is 31.5 Å². The normalized spacial score (nSPS) is 17.2. The van der Waals surface area contributed by atoms with Crippen LogP contribution in [0.1, 0.15) is 38.7 Å². The predicted octanol–water partition coefficient (Wildman–Crippen LogP) is 3.96. The Bertz CT molecular complexity index is 495. The van der Waals surface area contributed by atoms with Crippen LogP contribution < -0.4 is 0 Å². The Morgan fingerprint density at radius 2 is 1.95 bits per heavy atom. The lowest BCUT2D eigenvalue weighted by molar-refractivity contribution is -0.129. The first-order valence-electron chi connectivity index (χ1n) is 7.14. The van der Waals surface area contributed by atoms with Gasteiger partial charge in [-0.3, -0.25) is 9.69 Å². The molecule has 1 saturated heterocycles. The van der Waals surface area contributed by atoms with E-state index >= 15 is 0 Å². The highest BCUT2D eigenvalue weighted by atomic mass is 79.9. The first-order chi connectivity index (χ1) is 9.43. The average molecular weight is 342 g/mol. The number of nitrogens with zero attached hydrogens (tertiary/aromatic N) is 1. The molecule has 1 fully saturated rings. The van der Waals surface area contributed by atoms with Crippen molar-refractivity contribution in [3.05, 3.63) is 34.1 Å². The van der Waals surface area contributed by atoms with Gasteiger partial charge < -0.3 is 0 Å². The van der Waals surface area contributed by atoms with Crippen LogP contribution in [0.5, 0.6) is 0 Å². The van der Waals surface area contributed by atoms with Crippen LogP contribution in [0.25, 0.3) is 0 Å². The Labute approximate surface area is 128 Å². The van der Waals surface area contributed by atoms with Crippen LogP contribution in [0.15, 0.2) is 22.7 Å². The van der Waals surface area contributed by atoms with Crippen molar-refractivity contribution in [2.45, 2.75) is 45.1 Å². The highest BCUT2D eigenvalue weighted by molar-refractivity contribution is 9.10. The number of hydrogen-bond donors (Lipinski definition) is 0. The van der Waals surface area contributed by atoms with Crippen LogP contribution >= 0.6 is 15.9 Å². The molecule has 0 N–H and O–H groups in total. The molecule has 2 rings (SSSR count).